The Labute approximate surface area is 170 Å². The number of hydrogen-bond donors (Lipinski definition) is 1. The van der Waals surface area contributed by atoms with Crippen LogP contribution in [0.5, 0.6) is 5.75 Å². The van der Waals surface area contributed by atoms with E-state index in [0.29, 0.717) is 19.5 Å². The first kappa shape index (κ1) is 19.6. The molecule has 1 saturated heterocycles. The Morgan fingerprint density at radius 3 is 3.03 bits per heavy atom. The minimum Gasteiger partial charge on any atom is -0.497 e. The number of aromatic nitrogens is 2. The number of amides is 1. The van der Waals surface area contributed by atoms with Gasteiger partial charge in [-0.3, -0.25) is 9.59 Å². The smallest absolute Gasteiger partial charge is 0.255 e. The first-order valence-electron chi connectivity index (χ1n) is 10.2. The third kappa shape index (κ3) is 4.34. The summed E-state index contributed by atoms with van der Waals surface area (Å²) >= 11 is 0. The molecule has 3 heterocycles. The lowest BCUT2D eigenvalue weighted by Crippen LogP contribution is -2.41. The molecule has 29 heavy (non-hydrogen) atoms. The molecular weight excluding hydrogens is 368 g/mol. The maximum Gasteiger partial charge on any atom is 0.255 e. The van der Waals surface area contributed by atoms with Crippen molar-refractivity contribution in [3.05, 3.63) is 57.3 Å². The molecule has 1 N–H and O–H groups in total. The van der Waals surface area contributed by atoms with Crippen LogP contribution in [0.25, 0.3) is 0 Å². The molecule has 1 atom stereocenters. The van der Waals surface area contributed by atoms with Crippen LogP contribution in [-0.2, 0) is 24.2 Å². The van der Waals surface area contributed by atoms with Crippen LogP contribution < -0.4 is 10.3 Å². The fourth-order valence-electron chi connectivity index (χ4n) is 4.27. The number of nitrogens with zero attached hydrogens (tertiary/aromatic N) is 3. The summed E-state index contributed by atoms with van der Waals surface area (Å²) in [5.41, 5.74) is 2.61. The Balaban J connectivity index is 1.47. The second kappa shape index (κ2) is 8.37. The highest BCUT2D eigenvalue weighted by molar-refractivity contribution is 5.79. The highest BCUT2D eigenvalue weighted by Crippen LogP contribution is 2.26. The van der Waals surface area contributed by atoms with E-state index >= 15 is 0 Å². The Bertz CT molecular complexity index is 955. The zero-order valence-electron chi connectivity index (χ0n) is 17.1. The monoisotopic (exact) mass is 396 g/mol. The minimum atomic E-state index is -0.0311. The van der Waals surface area contributed by atoms with E-state index in [4.69, 9.17) is 9.72 Å². The molecule has 0 spiro atoms. The van der Waals surface area contributed by atoms with Crippen LogP contribution >= 0.6 is 0 Å². The molecule has 1 fully saturated rings. The summed E-state index contributed by atoms with van der Waals surface area (Å²) in [5, 5.41) is 0. The molecule has 1 aromatic carbocycles. The number of likely N-dealkylation sites (N-methyl/N-ethyl adjacent to an activating group) is 1. The number of piperidine rings is 1. The molecule has 7 heteroatoms. The second-order valence-corrected chi connectivity index (χ2v) is 8.07. The number of ether oxygens (including phenoxy) is 1. The lowest BCUT2D eigenvalue weighted by Gasteiger charge is -2.33. The summed E-state index contributed by atoms with van der Waals surface area (Å²) in [6, 6.07) is 7.63. The topological polar surface area (TPSA) is 78.5 Å². The van der Waals surface area contributed by atoms with Gasteiger partial charge in [-0.05, 0) is 37.6 Å². The molecule has 1 amide bonds. The molecule has 0 saturated carbocycles. The number of aromatic amines is 1. The first-order chi connectivity index (χ1) is 14.0. The van der Waals surface area contributed by atoms with Gasteiger partial charge in [0, 0.05) is 38.5 Å². The molecule has 7 nitrogen and oxygen atoms in total. The van der Waals surface area contributed by atoms with Crippen molar-refractivity contribution in [3.8, 4) is 5.75 Å². The van der Waals surface area contributed by atoms with E-state index in [2.05, 4.69) is 9.88 Å². The van der Waals surface area contributed by atoms with Gasteiger partial charge in [0.25, 0.3) is 5.56 Å². The van der Waals surface area contributed by atoms with Crippen LogP contribution in [0, 0.1) is 0 Å². The van der Waals surface area contributed by atoms with Crippen LogP contribution in [-0.4, -0.2) is 59.5 Å². The zero-order chi connectivity index (χ0) is 20.4. The molecule has 0 unspecified atom stereocenters. The van der Waals surface area contributed by atoms with Gasteiger partial charge in [0.05, 0.1) is 24.8 Å². The van der Waals surface area contributed by atoms with Crippen molar-refractivity contribution < 1.29 is 9.53 Å². The van der Waals surface area contributed by atoms with Crippen LogP contribution in [0.3, 0.4) is 0 Å². The zero-order valence-corrected chi connectivity index (χ0v) is 17.1. The van der Waals surface area contributed by atoms with E-state index < -0.39 is 0 Å². The number of carbonyl (C=O) groups is 1. The lowest BCUT2D eigenvalue weighted by molar-refractivity contribution is -0.131. The van der Waals surface area contributed by atoms with Gasteiger partial charge in [-0.25, -0.2) is 4.98 Å². The summed E-state index contributed by atoms with van der Waals surface area (Å²) in [6.07, 6.45) is 3.00. The number of H-pyrrole nitrogens is 1. The van der Waals surface area contributed by atoms with Crippen molar-refractivity contribution in [1.82, 2.24) is 19.8 Å². The van der Waals surface area contributed by atoms with E-state index in [1.807, 2.05) is 36.2 Å². The number of nitrogens with one attached hydrogen (secondary N) is 1. The van der Waals surface area contributed by atoms with E-state index in [1.54, 1.807) is 7.11 Å². The van der Waals surface area contributed by atoms with E-state index in [0.717, 1.165) is 60.7 Å². The standard InChI is InChI=1S/C22H28N4O3/c1-25-10-8-19-18(14-25)22(28)24-21(23-19)16-6-4-9-26(13-16)20(27)12-15-5-3-7-17(11-15)29-2/h3,5,7,11,16H,4,6,8-10,12-14H2,1-2H3,(H,23,24,28)/t16-/m0/s1. The molecule has 154 valence electrons. The number of benzene rings is 1. The van der Waals surface area contributed by atoms with Gasteiger partial charge in [-0.1, -0.05) is 12.1 Å². The van der Waals surface area contributed by atoms with Gasteiger partial charge in [0.1, 0.15) is 11.6 Å². The lowest BCUT2D eigenvalue weighted by atomic mass is 9.95. The van der Waals surface area contributed by atoms with Crippen molar-refractivity contribution >= 4 is 5.91 Å². The van der Waals surface area contributed by atoms with Crippen molar-refractivity contribution in [1.29, 1.82) is 0 Å². The number of likely N-dealkylation sites (tertiary alicyclic amines) is 1. The Morgan fingerprint density at radius 2 is 2.21 bits per heavy atom. The number of hydrogen-bond acceptors (Lipinski definition) is 5. The van der Waals surface area contributed by atoms with E-state index in [1.165, 1.54) is 0 Å². The van der Waals surface area contributed by atoms with Gasteiger partial charge in [0.15, 0.2) is 0 Å². The second-order valence-electron chi connectivity index (χ2n) is 8.07. The Hall–Kier alpha value is -2.67. The van der Waals surface area contributed by atoms with Crippen LogP contribution in [0.15, 0.2) is 29.1 Å². The molecule has 2 aliphatic rings. The van der Waals surface area contributed by atoms with Gasteiger partial charge in [-0.2, -0.15) is 0 Å². The van der Waals surface area contributed by atoms with Crippen molar-refractivity contribution in [2.45, 2.75) is 38.1 Å². The number of methoxy groups -OCH3 is 1. The fourth-order valence-corrected chi connectivity index (χ4v) is 4.27. The molecule has 0 aliphatic carbocycles. The summed E-state index contributed by atoms with van der Waals surface area (Å²) in [5.74, 6) is 1.67. The number of fused-ring (bicyclic) bond motifs is 1. The maximum absolute atomic E-state index is 12.9. The summed E-state index contributed by atoms with van der Waals surface area (Å²) in [7, 11) is 3.64. The van der Waals surface area contributed by atoms with Crippen LogP contribution in [0.4, 0.5) is 0 Å². The van der Waals surface area contributed by atoms with Crippen molar-refractivity contribution in [3.63, 3.8) is 0 Å². The fraction of sp³-hybridized carbons (Fsp3) is 0.500. The third-order valence-corrected chi connectivity index (χ3v) is 5.93. The Morgan fingerprint density at radius 1 is 1.34 bits per heavy atom. The molecule has 2 aromatic rings. The third-order valence-electron chi connectivity index (χ3n) is 5.93. The van der Waals surface area contributed by atoms with Gasteiger partial charge in [-0.15, -0.1) is 0 Å². The van der Waals surface area contributed by atoms with E-state index in [9.17, 15) is 9.59 Å². The normalized spacial score (nSPS) is 19.7. The van der Waals surface area contributed by atoms with Gasteiger partial charge in [0.2, 0.25) is 5.91 Å². The highest BCUT2D eigenvalue weighted by Gasteiger charge is 2.28. The summed E-state index contributed by atoms with van der Waals surface area (Å²) < 4.78 is 5.25. The molecule has 2 aliphatic heterocycles. The molecule has 4 rings (SSSR count). The minimum absolute atomic E-state index is 0.0311. The number of rotatable bonds is 4. The van der Waals surface area contributed by atoms with Crippen LogP contribution in [0.1, 0.15) is 41.4 Å². The van der Waals surface area contributed by atoms with Crippen molar-refractivity contribution in [2.24, 2.45) is 0 Å². The average Bonchev–Trinajstić information content (AvgIpc) is 2.74. The largest absolute Gasteiger partial charge is 0.497 e. The van der Waals surface area contributed by atoms with Crippen molar-refractivity contribution in [2.75, 3.05) is 33.8 Å². The first-order valence-corrected chi connectivity index (χ1v) is 10.2. The molecular formula is C22H28N4O3. The Kier molecular flexibility index (Phi) is 5.67. The van der Waals surface area contributed by atoms with Gasteiger partial charge >= 0.3 is 0 Å². The quantitative estimate of drug-likeness (QED) is 0.851. The number of carbonyl (C=O) groups excluding carboxylic acids is 1. The van der Waals surface area contributed by atoms with E-state index in [-0.39, 0.29) is 17.4 Å². The van der Waals surface area contributed by atoms with Gasteiger partial charge < -0.3 is 19.5 Å². The maximum atomic E-state index is 12.9. The molecule has 0 bridgehead atoms. The predicted molar refractivity (Wildman–Crippen MR) is 110 cm³/mol. The molecule has 1 aromatic heterocycles. The predicted octanol–water partition coefficient (Wildman–Crippen LogP) is 1.72. The molecule has 0 radical (unpaired) electrons. The average molecular weight is 396 g/mol. The summed E-state index contributed by atoms with van der Waals surface area (Å²) in [6.45, 7) is 2.91. The summed E-state index contributed by atoms with van der Waals surface area (Å²) in [4.78, 5) is 37.3. The highest BCUT2D eigenvalue weighted by atomic mass is 16.5. The SMILES string of the molecule is COc1cccc(CC(=O)N2CCC[C@H](c3nc4c(c(=O)[nH]3)CN(C)CC4)C2)c1. The van der Waals surface area contributed by atoms with Crippen LogP contribution in [0.2, 0.25) is 0 Å².